The van der Waals surface area contributed by atoms with Crippen LogP contribution in [0.5, 0.6) is 5.75 Å². The van der Waals surface area contributed by atoms with Gasteiger partial charge in [-0.25, -0.2) is 19.6 Å². The summed E-state index contributed by atoms with van der Waals surface area (Å²) >= 11 is 0. The molecule has 5 N–H and O–H groups in total. The molecule has 0 aliphatic carbocycles. The molecule has 0 unspecified atom stereocenters. The van der Waals surface area contributed by atoms with Crippen LogP contribution < -0.4 is 20.3 Å². The van der Waals surface area contributed by atoms with Crippen LogP contribution in [-0.2, 0) is 14.3 Å². The lowest BCUT2D eigenvalue weighted by Crippen LogP contribution is -2.51. The summed E-state index contributed by atoms with van der Waals surface area (Å²) < 4.78 is 10.6. The van der Waals surface area contributed by atoms with E-state index in [1.54, 1.807) is 4.90 Å². The third-order valence-corrected chi connectivity index (χ3v) is 13.0. The van der Waals surface area contributed by atoms with Crippen molar-refractivity contribution in [2.24, 2.45) is 11.8 Å². The van der Waals surface area contributed by atoms with Crippen molar-refractivity contribution in [3.8, 4) is 5.75 Å². The van der Waals surface area contributed by atoms with Gasteiger partial charge < -0.3 is 49.9 Å². The maximum Gasteiger partial charge on any atom is 0.407 e. The van der Waals surface area contributed by atoms with E-state index in [4.69, 9.17) is 19.4 Å². The van der Waals surface area contributed by atoms with Crippen LogP contribution in [0.15, 0.2) is 60.7 Å². The van der Waals surface area contributed by atoms with Crippen LogP contribution in [-0.4, -0.2) is 97.7 Å². The number of ether oxygens (including phenoxy) is 2. The number of hydrogen-bond acceptors (Lipinski definition) is 9. The van der Waals surface area contributed by atoms with Gasteiger partial charge >= 0.3 is 12.2 Å². The van der Waals surface area contributed by atoms with Crippen molar-refractivity contribution < 1.29 is 33.8 Å². The smallest absolute Gasteiger partial charge is 0.407 e. The average Bonchev–Trinajstić information content (AvgIpc) is 4.12. The highest BCUT2D eigenvalue weighted by Crippen LogP contribution is 2.48. The molecule has 16 heteroatoms. The number of hydrogen-bond donors (Lipinski definition) is 5. The number of carboxylic acid groups (broad SMARTS) is 1. The first-order valence-corrected chi connectivity index (χ1v) is 22.3. The zero-order valence-corrected chi connectivity index (χ0v) is 36.9. The van der Waals surface area contributed by atoms with Gasteiger partial charge in [-0.2, -0.15) is 0 Å². The molecule has 2 aromatic heterocycles. The molecule has 3 aliphatic rings. The lowest BCUT2D eigenvalue weighted by atomic mass is 10.0. The van der Waals surface area contributed by atoms with Gasteiger partial charge in [-0.1, -0.05) is 39.8 Å². The first kappa shape index (κ1) is 43.3. The van der Waals surface area contributed by atoms with Crippen molar-refractivity contribution in [3.63, 3.8) is 0 Å². The number of rotatable bonds is 13. The van der Waals surface area contributed by atoms with Gasteiger partial charge in [0.05, 0.1) is 60.0 Å². The number of likely N-dealkylation sites (tertiary alicyclic amines) is 2. The van der Waals surface area contributed by atoms with E-state index in [1.165, 1.54) is 7.11 Å². The minimum Gasteiger partial charge on any atom is -0.494 e. The summed E-state index contributed by atoms with van der Waals surface area (Å²) in [4.78, 5) is 74.4. The molecule has 0 radical (unpaired) electrons. The van der Waals surface area contributed by atoms with E-state index in [0.29, 0.717) is 25.5 Å². The second-order valence-electron chi connectivity index (χ2n) is 17.6. The van der Waals surface area contributed by atoms with Gasteiger partial charge in [0, 0.05) is 18.8 Å². The van der Waals surface area contributed by atoms with Crippen molar-refractivity contribution in [1.82, 2.24) is 40.4 Å². The Morgan fingerprint density at radius 2 is 1.21 bits per heavy atom. The number of nitrogens with one attached hydrogen (secondary N) is 4. The molecule has 4 amide bonds. The SMILES string of the molecule is CCOc1ccc(N2[C@@H](c3ccc4nc([C@@H]5CCCN5C(=O)[C@@H](NC(=O)O)C(C)C)[nH]c4c3)CC[C@@H]2c2ccc3nc([C@@H]4CCCN4C(=O)[C@@H](NC(=O)OC)C(C)C)[nH]c3c2)cc1. The van der Waals surface area contributed by atoms with E-state index < -0.39 is 24.3 Å². The predicted octanol–water partition coefficient (Wildman–Crippen LogP) is 7.92. The monoisotopic (exact) mass is 861 g/mol. The van der Waals surface area contributed by atoms with Gasteiger partial charge in [0.2, 0.25) is 11.8 Å². The summed E-state index contributed by atoms with van der Waals surface area (Å²) in [6, 6.07) is 19.0. The zero-order chi connectivity index (χ0) is 44.5. The molecule has 5 aromatic rings. The van der Waals surface area contributed by atoms with Gasteiger partial charge in [0.15, 0.2) is 0 Å². The highest BCUT2D eigenvalue weighted by atomic mass is 16.5. The number of carbonyl (C=O) groups is 4. The number of amides is 4. The number of H-pyrrole nitrogens is 2. The molecule has 6 atom stereocenters. The minimum absolute atomic E-state index is 0.0288. The highest BCUT2D eigenvalue weighted by molar-refractivity contribution is 5.87. The third kappa shape index (κ3) is 8.72. The quantitative estimate of drug-likeness (QED) is 0.0775. The van der Waals surface area contributed by atoms with Crippen LogP contribution in [0.1, 0.15) is 120 Å². The molecule has 334 valence electrons. The van der Waals surface area contributed by atoms with Crippen molar-refractivity contribution >= 4 is 51.8 Å². The molecule has 3 fully saturated rings. The summed E-state index contributed by atoms with van der Waals surface area (Å²) in [5.74, 6) is 1.53. The Hall–Kier alpha value is -6.32. The Balaban J connectivity index is 1.08. The lowest BCUT2D eigenvalue weighted by molar-refractivity contribution is -0.136. The Labute approximate surface area is 367 Å². The van der Waals surface area contributed by atoms with E-state index in [9.17, 15) is 24.3 Å². The van der Waals surface area contributed by atoms with E-state index in [0.717, 1.165) is 89.0 Å². The van der Waals surface area contributed by atoms with E-state index >= 15 is 0 Å². The molecular formula is C47H59N9O7. The van der Waals surface area contributed by atoms with Crippen LogP contribution >= 0.6 is 0 Å². The van der Waals surface area contributed by atoms with Crippen LogP contribution in [0, 0.1) is 11.8 Å². The average molecular weight is 862 g/mol. The standard InChI is InChI=1S/C47H59N9O7/c1-7-63-31-16-14-30(15-17-31)56-36(28-12-18-32-34(24-28)50-42(48-32)38-10-8-22-54(38)44(57)40(26(2)3)52-46(59)60)20-21-37(56)29-13-19-33-35(25-29)51-43(49-33)39-11-9-23-55(39)45(58)41(27(4)5)53-47(61)62-6/h12-19,24-27,36-41,52H,7-11,20-23H2,1-6H3,(H,48,50)(H,49,51)(H,53,61)(H,59,60)/t36-,37-,38+,39+,40+,41+/m1/s1. The third-order valence-electron chi connectivity index (χ3n) is 13.0. The fraction of sp³-hybridized carbons (Fsp3) is 0.489. The van der Waals surface area contributed by atoms with Crippen molar-refractivity contribution in [2.75, 3.05) is 31.7 Å². The van der Waals surface area contributed by atoms with E-state index in [2.05, 4.69) is 68.0 Å². The Morgan fingerprint density at radius 1 is 0.714 bits per heavy atom. The van der Waals surface area contributed by atoms with E-state index in [1.807, 2.05) is 57.7 Å². The Morgan fingerprint density at radius 3 is 1.65 bits per heavy atom. The maximum absolute atomic E-state index is 13.8. The van der Waals surface area contributed by atoms with Crippen molar-refractivity contribution in [1.29, 1.82) is 0 Å². The van der Waals surface area contributed by atoms with Gasteiger partial charge in [0.1, 0.15) is 29.5 Å². The van der Waals surface area contributed by atoms with E-state index in [-0.39, 0.29) is 47.8 Å². The molecule has 3 aromatic carbocycles. The topological polar surface area (TPSA) is 198 Å². The number of alkyl carbamates (subject to hydrolysis) is 1. The summed E-state index contributed by atoms with van der Waals surface area (Å²) in [7, 11) is 1.29. The molecule has 3 aliphatic heterocycles. The number of methoxy groups -OCH3 is 1. The zero-order valence-electron chi connectivity index (χ0n) is 36.9. The van der Waals surface area contributed by atoms with Crippen LogP contribution in [0.25, 0.3) is 22.1 Å². The number of aromatic amines is 2. The van der Waals surface area contributed by atoms with Crippen molar-refractivity contribution in [2.45, 2.75) is 109 Å². The van der Waals surface area contributed by atoms with Crippen molar-refractivity contribution in [3.05, 3.63) is 83.4 Å². The summed E-state index contributed by atoms with van der Waals surface area (Å²) in [6.07, 6.45) is 3.07. The van der Waals surface area contributed by atoms with Crippen LogP contribution in [0.2, 0.25) is 0 Å². The lowest BCUT2D eigenvalue weighted by Gasteiger charge is -2.33. The highest BCUT2D eigenvalue weighted by Gasteiger charge is 2.40. The second-order valence-corrected chi connectivity index (χ2v) is 17.6. The van der Waals surface area contributed by atoms with Gasteiger partial charge in [-0.15, -0.1) is 0 Å². The molecule has 0 saturated carbocycles. The van der Waals surface area contributed by atoms with Crippen LogP contribution in [0.4, 0.5) is 15.3 Å². The first-order valence-electron chi connectivity index (χ1n) is 22.3. The summed E-state index contributed by atoms with van der Waals surface area (Å²) in [6.45, 7) is 11.2. The van der Waals surface area contributed by atoms with Gasteiger partial charge in [-0.05, 0) is 117 Å². The largest absolute Gasteiger partial charge is 0.494 e. The summed E-state index contributed by atoms with van der Waals surface area (Å²) in [5.41, 5.74) is 6.75. The fourth-order valence-corrected chi connectivity index (χ4v) is 9.86. The predicted molar refractivity (Wildman–Crippen MR) is 238 cm³/mol. The molecule has 8 rings (SSSR count). The number of imidazole rings is 2. The molecule has 5 heterocycles. The molecule has 3 saturated heterocycles. The van der Waals surface area contributed by atoms with Crippen LogP contribution in [0.3, 0.4) is 0 Å². The molecule has 0 bridgehead atoms. The molecule has 0 spiro atoms. The maximum atomic E-state index is 13.8. The normalized spacial score (nSPS) is 21.1. The number of anilines is 1. The molecular weight excluding hydrogens is 803 g/mol. The Kier molecular flexibility index (Phi) is 12.5. The number of carbonyl (C=O) groups excluding carboxylic acids is 3. The molecule has 63 heavy (non-hydrogen) atoms. The number of nitrogens with zero attached hydrogens (tertiary/aromatic N) is 5. The fourth-order valence-electron chi connectivity index (χ4n) is 9.86. The van der Waals surface area contributed by atoms with Gasteiger partial charge in [-0.3, -0.25) is 9.59 Å². The number of fused-ring (bicyclic) bond motifs is 2. The minimum atomic E-state index is -1.22. The molecule has 16 nitrogen and oxygen atoms in total. The Bertz CT molecular complexity index is 2460. The first-order chi connectivity index (χ1) is 30.3. The second kappa shape index (κ2) is 18.2. The summed E-state index contributed by atoms with van der Waals surface area (Å²) in [5, 5.41) is 14.6. The number of aromatic nitrogens is 4. The van der Waals surface area contributed by atoms with Gasteiger partial charge in [0.25, 0.3) is 0 Å². The number of benzene rings is 3.